The van der Waals surface area contributed by atoms with Crippen LogP contribution in [0.25, 0.3) is 0 Å². The summed E-state index contributed by atoms with van der Waals surface area (Å²) in [5.74, 6) is -1.93. The van der Waals surface area contributed by atoms with Crippen molar-refractivity contribution in [2.24, 2.45) is 5.41 Å². The molecule has 11 heteroatoms. The molecule has 3 heterocycles. The van der Waals surface area contributed by atoms with Gasteiger partial charge in [-0.2, -0.15) is 0 Å². The van der Waals surface area contributed by atoms with Gasteiger partial charge >= 0.3 is 11.9 Å². The summed E-state index contributed by atoms with van der Waals surface area (Å²) in [6.07, 6.45) is 3.44. The predicted molar refractivity (Wildman–Crippen MR) is 145 cm³/mol. The highest BCUT2D eigenvalue weighted by atomic mass is 16.6. The van der Waals surface area contributed by atoms with Gasteiger partial charge in [0.05, 0.1) is 11.6 Å². The third-order valence-electron chi connectivity index (χ3n) is 8.15. The molecule has 1 aromatic carbocycles. The van der Waals surface area contributed by atoms with E-state index in [4.69, 9.17) is 9.47 Å². The zero-order chi connectivity index (χ0) is 29.0. The molecule has 0 bridgehead atoms. The number of likely N-dealkylation sites (N-methyl/N-ethyl adjacent to an activating group) is 1. The molecule has 3 fully saturated rings. The minimum atomic E-state index is -0.982. The number of nitrogens with zero attached hydrogens (tertiary/aromatic N) is 1. The van der Waals surface area contributed by atoms with Crippen molar-refractivity contribution >= 4 is 29.7 Å². The summed E-state index contributed by atoms with van der Waals surface area (Å²) >= 11 is 0. The second kappa shape index (κ2) is 12.4. The Labute approximate surface area is 234 Å². The molecule has 5 atom stereocenters. The molecule has 3 aliphatic heterocycles. The van der Waals surface area contributed by atoms with Gasteiger partial charge in [-0.05, 0) is 57.4 Å². The molecule has 40 heavy (non-hydrogen) atoms. The first kappa shape index (κ1) is 29.5. The Hall–Kier alpha value is -3.47. The molecule has 0 aromatic heterocycles. The molecule has 3 amide bonds. The molecule has 3 N–H and O–H groups in total. The van der Waals surface area contributed by atoms with Crippen molar-refractivity contribution in [3.8, 4) is 0 Å². The van der Waals surface area contributed by atoms with Crippen LogP contribution < -0.4 is 16.0 Å². The number of rotatable bonds is 8. The summed E-state index contributed by atoms with van der Waals surface area (Å²) < 4.78 is 10.5. The number of ether oxygens (including phenoxy) is 2. The summed E-state index contributed by atoms with van der Waals surface area (Å²) in [6.45, 7) is 5.66. The Morgan fingerprint density at radius 1 is 1.12 bits per heavy atom. The van der Waals surface area contributed by atoms with E-state index in [9.17, 15) is 24.0 Å². The van der Waals surface area contributed by atoms with E-state index in [1.807, 2.05) is 0 Å². The standard InChI is InChI=1S/C29H40N4O7/c1-17(30-4)24(34)32-21-11-6-5-10-20-12-13-22(33(20)26(21)36)25(35)31-15-18-8-7-9-19(14-18)27(37)40-23-28(38)39-16-29(23,2)3/h7-9,14,17,20-23,30H,5-6,10-13,15-16H2,1-4H3,(H,31,35)(H,32,34)/t17-,20-,21-,22-,23?/m0/s1. The van der Waals surface area contributed by atoms with Gasteiger partial charge in [0.15, 0.2) is 0 Å². The van der Waals surface area contributed by atoms with E-state index in [1.165, 1.54) is 0 Å². The minimum Gasteiger partial charge on any atom is -0.462 e. The van der Waals surface area contributed by atoms with Crippen molar-refractivity contribution in [1.29, 1.82) is 0 Å². The van der Waals surface area contributed by atoms with Gasteiger partial charge in [0.1, 0.15) is 18.7 Å². The van der Waals surface area contributed by atoms with Crippen LogP contribution in [0, 0.1) is 5.41 Å². The molecule has 1 aromatic rings. The van der Waals surface area contributed by atoms with E-state index in [0.29, 0.717) is 18.4 Å². The summed E-state index contributed by atoms with van der Waals surface area (Å²) in [5.41, 5.74) is 0.320. The highest BCUT2D eigenvalue weighted by molar-refractivity contribution is 5.94. The highest BCUT2D eigenvalue weighted by Crippen LogP contribution is 2.32. The van der Waals surface area contributed by atoms with Crippen molar-refractivity contribution in [3.63, 3.8) is 0 Å². The first-order valence-corrected chi connectivity index (χ1v) is 14.1. The lowest BCUT2D eigenvalue weighted by Gasteiger charge is -2.35. The molecule has 1 unspecified atom stereocenters. The minimum absolute atomic E-state index is 0.0331. The van der Waals surface area contributed by atoms with E-state index < -0.39 is 41.6 Å². The molecular formula is C29H40N4O7. The lowest BCUT2D eigenvalue weighted by atomic mass is 9.90. The number of hydrogen-bond acceptors (Lipinski definition) is 8. The van der Waals surface area contributed by atoms with Crippen LogP contribution in [0.1, 0.15) is 75.2 Å². The fourth-order valence-corrected chi connectivity index (χ4v) is 5.58. The molecule has 3 saturated heterocycles. The maximum absolute atomic E-state index is 13.6. The highest BCUT2D eigenvalue weighted by Gasteiger charge is 2.47. The Morgan fingerprint density at radius 3 is 2.58 bits per heavy atom. The maximum atomic E-state index is 13.6. The number of amides is 3. The number of benzene rings is 1. The van der Waals surface area contributed by atoms with Crippen LogP contribution in [0.2, 0.25) is 0 Å². The second-order valence-electron chi connectivity index (χ2n) is 11.6. The van der Waals surface area contributed by atoms with Crippen LogP contribution in [0.4, 0.5) is 0 Å². The number of esters is 2. The van der Waals surface area contributed by atoms with Gasteiger partial charge in [-0.1, -0.05) is 38.8 Å². The lowest BCUT2D eigenvalue weighted by Crippen LogP contribution is -2.57. The number of carbonyl (C=O) groups is 5. The van der Waals surface area contributed by atoms with E-state index in [2.05, 4.69) is 16.0 Å². The SMILES string of the molecule is CN[C@@H](C)C(=O)N[C@H]1CCCC[C@H]2CC[C@@H](C(=O)NCc3cccc(C(=O)OC4C(=O)OCC4(C)C)c3)N2C1=O. The number of carbonyl (C=O) groups excluding carboxylic acids is 5. The Balaban J connectivity index is 1.39. The number of fused-ring (bicyclic) bond motifs is 1. The van der Waals surface area contributed by atoms with Crippen LogP contribution in [0.3, 0.4) is 0 Å². The number of cyclic esters (lactones) is 1. The fourth-order valence-electron chi connectivity index (χ4n) is 5.58. The van der Waals surface area contributed by atoms with Gasteiger partial charge in [-0.3, -0.25) is 14.4 Å². The van der Waals surface area contributed by atoms with Gasteiger partial charge in [0.25, 0.3) is 0 Å². The Kier molecular flexibility index (Phi) is 9.12. The molecule has 0 saturated carbocycles. The monoisotopic (exact) mass is 556 g/mol. The molecule has 3 aliphatic rings. The van der Waals surface area contributed by atoms with E-state index in [1.54, 1.807) is 57.0 Å². The first-order chi connectivity index (χ1) is 19.0. The normalized spacial score (nSPS) is 26.6. The summed E-state index contributed by atoms with van der Waals surface area (Å²) in [5, 5.41) is 8.67. The second-order valence-corrected chi connectivity index (χ2v) is 11.6. The van der Waals surface area contributed by atoms with Crippen molar-refractivity contribution in [2.45, 2.75) is 96.1 Å². The largest absolute Gasteiger partial charge is 0.462 e. The number of nitrogens with one attached hydrogen (secondary N) is 3. The molecule has 218 valence electrons. The number of hydrogen-bond donors (Lipinski definition) is 3. The lowest BCUT2D eigenvalue weighted by molar-refractivity contribution is -0.145. The van der Waals surface area contributed by atoms with E-state index in [0.717, 1.165) is 25.7 Å². The molecule has 4 rings (SSSR count). The van der Waals surface area contributed by atoms with Gasteiger partial charge in [-0.15, -0.1) is 0 Å². The van der Waals surface area contributed by atoms with Crippen molar-refractivity contribution in [3.05, 3.63) is 35.4 Å². The Morgan fingerprint density at radius 2 is 1.88 bits per heavy atom. The topological polar surface area (TPSA) is 143 Å². The molecule has 0 spiro atoms. The summed E-state index contributed by atoms with van der Waals surface area (Å²) in [6, 6.07) is 4.91. The zero-order valence-electron chi connectivity index (χ0n) is 23.7. The average molecular weight is 557 g/mol. The molecular weight excluding hydrogens is 516 g/mol. The van der Waals surface area contributed by atoms with Gasteiger partial charge in [0, 0.05) is 18.0 Å². The zero-order valence-corrected chi connectivity index (χ0v) is 23.7. The van der Waals surface area contributed by atoms with Crippen LogP contribution in [-0.4, -0.2) is 78.5 Å². The third kappa shape index (κ3) is 6.46. The van der Waals surface area contributed by atoms with Crippen LogP contribution >= 0.6 is 0 Å². The van der Waals surface area contributed by atoms with Crippen molar-refractivity contribution in [2.75, 3.05) is 13.7 Å². The smallest absolute Gasteiger partial charge is 0.348 e. The molecule has 11 nitrogen and oxygen atoms in total. The quantitative estimate of drug-likeness (QED) is 0.408. The van der Waals surface area contributed by atoms with E-state index in [-0.39, 0.29) is 42.5 Å². The Bertz CT molecular complexity index is 1150. The van der Waals surface area contributed by atoms with Crippen LogP contribution in [-0.2, 0) is 35.2 Å². The summed E-state index contributed by atoms with van der Waals surface area (Å²) in [7, 11) is 1.69. The molecule has 0 radical (unpaired) electrons. The van der Waals surface area contributed by atoms with E-state index >= 15 is 0 Å². The third-order valence-corrected chi connectivity index (χ3v) is 8.15. The maximum Gasteiger partial charge on any atom is 0.348 e. The van der Waals surface area contributed by atoms with Gasteiger partial charge < -0.3 is 30.3 Å². The van der Waals surface area contributed by atoms with Gasteiger partial charge in [0.2, 0.25) is 23.8 Å². The summed E-state index contributed by atoms with van der Waals surface area (Å²) in [4.78, 5) is 65.8. The van der Waals surface area contributed by atoms with Gasteiger partial charge in [-0.25, -0.2) is 9.59 Å². The predicted octanol–water partition coefficient (Wildman–Crippen LogP) is 1.44. The first-order valence-electron chi connectivity index (χ1n) is 14.1. The van der Waals surface area contributed by atoms with Crippen molar-refractivity contribution < 1.29 is 33.4 Å². The average Bonchev–Trinajstić information content (AvgIpc) is 3.47. The fraction of sp³-hybridized carbons (Fsp3) is 0.621. The van der Waals surface area contributed by atoms with Crippen molar-refractivity contribution in [1.82, 2.24) is 20.9 Å². The van der Waals surface area contributed by atoms with Crippen LogP contribution in [0.5, 0.6) is 0 Å². The van der Waals surface area contributed by atoms with Crippen LogP contribution in [0.15, 0.2) is 24.3 Å². The molecule has 0 aliphatic carbocycles.